The second-order valence-electron chi connectivity index (χ2n) is 7.10. The van der Waals surface area contributed by atoms with E-state index in [-0.39, 0.29) is 17.0 Å². The van der Waals surface area contributed by atoms with Gasteiger partial charge in [-0.15, -0.1) is 0 Å². The molecule has 1 aromatic carbocycles. The number of carbonyl (C=O) groups excluding carboxylic acids is 1. The Hall–Kier alpha value is -1.64. The standard InChI is InChI=1S/C20H35N3O4S/c1-6-23(7-2)28(25,26)19-11-9-18(10-12-19)17(5)22-20(24)21-13-8-14-27-15-16(3)4/h9-12,16-17H,6-8,13-15H2,1-5H3,(H2,21,22,24). The van der Waals surface area contributed by atoms with Crippen molar-refractivity contribution in [1.82, 2.24) is 14.9 Å². The second kappa shape index (κ2) is 12.0. The van der Waals surface area contributed by atoms with E-state index in [0.29, 0.717) is 32.2 Å². The predicted molar refractivity (Wildman–Crippen MR) is 112 cm³/mol. The molecule has 1 aromatic rings. The molecule has 0 aliphatic carbocycles. The van der Waals surface area contributed by atoms with E-state index in [1.807, 2.05) is 20.8 Å². The van der Waals surface area contributed by atoms with Crippen LogP contribution in [0.15, 0.2) is 29.2 Å². The molecule has 8 heteroatoms. The molecule has 160 valence electrons. The number of urea groups is 1. The van der Waals surface area contributed by atoms with E-state index < -0.39 is 10.0 Å². The Balaban J connectivity index is 2.50. The summed E-state index contributed by atoms with van der Waals surface area (Å²) in [6, 6.07) is 6.16. The fourth-order valence-corrected chi connectivity index (χ4v) is 4.13. The molecule has 0 aliphatic heterocycles. The van der Waals surface area contributed by atoms with Crippen molar-refractivity contribution in [2.24, 2.45) is 5.92 Å². The van der Waals surface area contributed by atoms with Crippen molar-refractivity contribution in [2.75, 3.05) is 32.8 Å². The molecular weight excluding hydrogens is 378 g/mol. The van der Waals surface area contributed by atoms with Crippen molar-refractivity contribution in [3.05, 3.63) is 29.8 Å². The molecule has 0 saturated carbocycles. The lowest BCUT2D eigenvalue weighted by Gasteiger charge is -2.19. The molecule has 0 heterocycles. The van der Waals surface area contributed by atoms with Crippen molar-refractivity contribution >= 4 is 16.1 Å². The fourth-order valence-electron chi connectivity index (χ4n) is 2.67. The van der Waals surface area contributed by atoms with Gasteiger partial charge >= 0.3 is 6.03 Å². The summed E-state index contributed by atoms with van der Waals surface area (Å²) in [5, 5.41) is 5.66. The highest BCUT2D eigenvalue weighted by Crippen LogP contribution is 2.19. The number of hydrogen-bond donors (Lipinski definition) is 2. The molecule has 2 N–H and O–H groups in total. The molecule has 7 nitrogen and oxygen atoms in total. The molecule has 0 bridgehead atoms. The summed E-state index contributed by atoms with van der Waals surface area (Å²) in [6.45, 7) is 12.4. The number of sulfonamides is 1. The third-order valence-corrected chi connectivity index (χ3v) is 6.34. The molecule has 28 heavy (non-hydrogen) atoms. The van der Waals surface area contributed by atoms with Crippen molar-refractivity contribution < 1.29 is 17.9 Å². The van der Waals surface area contributed by atoms with Crippen LogP contribution in [0.25, 0.3) is 0 Å². The van der Waals surface area contributed by atoms with Gasteiger partial charge in [-0.3, -0.25) is 0 Å². The maximum Gasteiger partial charge on any atom is 0.315 e. The number of nitrogens with one attached hydrogen (secondary N) is 2. The normalized spacial score (nSPS) is 13.0. The van der Waals surface area contributed by atoms with Crippen LogP contribution in [0.2, 0.25) is 0 Å². The van der Waals surface area contributed by atoms with Crippen LogP contribution in [0.4, 0.5) is 4.79 Å². The van der Waals surface area contributed by atoms with E-state index in [1.54, 1.807) is 24.3 Å². The number of amides is 2. The zero-order chi connectivity index (χ0) is 21.2. The molecule has 2 amide bonds. The van der Waals surface area contributed by atoms with Gasteiger partial charge in [0.1, 0.15) is 0 Å². The topological polar surface area (TPSA) is 87.7 Å². The van der Waals surface area contributed by atoms with E-state index in [9.17, 15) is 13.2 Å². The van der Waals surface area contributed by atoms with Gasteiger partial charge in [-0.05, 0) is 37.0 Å². The molecule has 1 rings (SSSR count). The zero-order valence-corrected chi connectivity index (χ0v) is 18.5. The summed E-state index contributed by atoms with van der Waals surface area (Å²) in [5.41, 5.74) is 0.842. The molecule has 1 atom stereocenters. The van der Waals surface area contributed by atoms with Crippen molar-refractivity contribution in [3.63, 3.8) is 0 Å². The first-order chi connectivity index (χ1) is 13.2. The highest BCUT2D eigenvalue weighted by Gasteiger charge is 2.21. The van der Waals surface area contributed by atoms with Crippen LogP contribution in [0.3, 0.4) is 0 Å². The first-order valence-electron chi connectivity index (χ1n) is 9.94. The summed E-state index contributed by atoms with van der Waals surface area (Å²) in [6.07, 6.45) is 0.756. The van der Waals surface area contributed by atoms with Gasteiger partial charge < -0.3 is 15.4 Å². The quantitative estimate of drug-likeness (QED) is 0.515. The minimum absolute atomic E-state index is 0.234. The van der Waals surface area contributed by atoms with Crippen molar-refractivity contribution in [3.8, 4) is 0 Å². The minimum atomic E-state index is -3.47. The van der Waals surface area contributed by atoms with Gasteiger partial charge in [0, 0.05) is 32.8 Å². The van der Waals surface area contributed by atoms with Crippen LogP contribution >= 0.6 is 0 Å². The zero-order valence-electron chi connectivity index (χ0n) is 17.7. The smallest absolute Gasteiger partial charge is 0.315 e. The summed E-state index contributed by atoms with van der Waals surface area (Å²) >= 11 is 0. The van der Waals surface area contributed by atoms with Crippen molar-refractivity contribution in [1.29, 1.82) is 0 Å². The van der Waals surface area contributed by atoms with Crippen LogP contribution in [0.5, 0.6) is 0 Å². The van der Waals surface area contributed by atoms with Gasteiger partial charge in [-0.1, -0.05) is 39.8 Å². The number of benzene rings is 1. The third kappa shape index (κ3) is 7.77. The highest BCUT2D eigenvalue weighted by atomic mass is 32.2. The number of rotatable bonds is 12. The largest absolute Gasteiger partial charge is 0.381 e. The summed E-state index contributed by atoms with van der Waals surface area (Å²) in [4.78, 5) is 12.3. The highest BCUT2D eigenvalue weighted by molar-refractivity contribution is 7.89. The van der Waals surface area contributed by atoms with Gasteiger partial charge in [0.25, 0.3) is 0 Å². The maximum atomic E-state index is 12.5. The lowest BCUT2D eigenvalue weighted by molar-refractivity contribution is 0.108. The Morgan fingerprint density at radius 3 is 2.25 bits per heavy atom. The number of hydrogen-bond acceptors (Lipinski definition) is 4. The van der Waals surface area contributed by atoms with Crippen LogP contribution in [0.1, 0.15) is 52.6 Å². The lowest BCUT2D eigenvalue weighted by atomic mass is 10.1. The Morgan fingerprint density at radius 1 is 1.11 bits per heavy atom. The van der Waals surface area contributed by atoms with E-state index in [2.05, 4.69) is 24.5 Å². The fraction of sp³-hybridized carbons (Fsp3) is 0.650. The number of ether oxygens (including phenoxy) is 1. The monoisotopic (exact) mass is 413 g/mol. The molecule has 0 aromatic heterocycles. The van der Waals surface area contributed by atoms with E-state index in [4.69, 9.17) is 4.74 Å². The number of nitrogens with zero attached hydrogens (tertiary/aromatic N) is 1. The van der Waals surface area contributed by atoms with Gasteiger partial charge in [0.15, 0.2) is 0 Å². The van der Waals surface area contributed by atoms with Crippen LogP contribution in [-0.2, 0) is 14.8 Å². The SMILES string of the molecule is CCN(CC)S(=O)(=O)c1ccc(C(C)NC(=O)NCCCOCC(C)C)cc1. The van der Waals surface area contributed by atoms with Crippen LogP contribution in [-0.4, -0.2) is 51.6 Å². The van der Waals surface area contributed by atoms with Crippen LogP contribution in [0, 0.1) is 5.92 Å². The van der Waals surface area contributed by atoms with Crippen molar-refractivity contribution in [2.45, 2.75) is 52.0 Å². The van der Waals surface area contributed by atoms with Crippen LogP contribution < -0.4 is 10.6 Å². The third-order valence-electron chi connectivity index (χ3n) is 4.27. The van der Waals surface area contributed by atoms with E-state index >= 15 is 0 Å². The first-order valence-corrected chi connectivity index (χ1v) is 11.4. The average Bonchev–Trinajstić information content (AvgIpc) is 2.65. The van der Waals surface area contributed by atoms with Gasteiger partial charge in [0.2, 0.25) is 10.0 Å². The molecule has 1 unspecified atom stereocenters. The van der Waals surface area contributed by atoms with E-state index in [1.165, 1.54) is 4.31 Å². The van der Waals surface area contributed by atoms with Gasteiger partial charge in [-0.2, -0.15) is 4.31 Å². The van der Waals surface area contributed by atoms with Gasteiger partial charge in [-0.25, -0.2) is 13.2 Å². The minimum Gasteiger partial charge on any atom is -0.381 e. The summed E-state index contributed by atoms with van der Waals surface area (Å²) in [5.74, 6) is 0.505. The predicted octanol–water partition coefficient (Wildman–Crippen LogP) is 3.14. The Morgan fingerprint density at radius 2 is 1.71 bits per heavy atom. The molecule has 0 saturated heterocycles. The Kier molecular flexibility index (Phi) is 10.5. The molecular formula is C20H35N3O4S. The molecule has 0 radical (unpaired) electrons. The second-order valence-corrected chi connectivity index (χ2v) is 9.04. The Bertz CT molecular complexity index is 686. The molecule has 0 aliphatic rings. The lowest BCUT2D eigenvalue weighted by Crippen LogP contribution is -2.37. The maximum absolute atomic E-state index is 12.5. The summed E-state index contributed by atoms with van der Waals surface area (Å²) < 4.78 is 31.9. The van der Waals surface area contributed by atoms with Gasteiger partial charge in [0.05, 0.1) is 10.9 Å². The first kappa shape index (κ1) is 24.4. The molecule has 0 fully saturated rings. The molecule has 0 spiro atoms. The number of carbonyl (C=O) groups is 1. The Labute approximate surface area is 169 Å². The summed E-state index contributed by atoms with van der Waals surface area (Å²) in [7, 11) is -3.47. The average molecular weight is 414 g/mol. The van der Waals surface area contributed by atoms with E-state index in [0.717, 1.165) is 18.6 Å².